The van der Waals surface area contributed by atoms with E-state index in [1.165, 1.54) is 51.4 Å². The summed E-state index contributed by atoms with van der Waals surface area (Å²) in [5.41, 5.74) is 0. The molecular formula is C35H60O4. The number of aliphatic carboxylic acids is 1. The summed E-state index contributed by atoms with van der Waals surface area (Å²) in [4.78, 5) is 23.1. The Morgan fingerprint density at radius 1 is 0.590 bits per heavy atom. The van der Waals surface area contributed by atoms with Crippen LogP contribution >= 0.6 is 0 Å². The summed E-state index contributed by atoms with van der Waals surface area (Å²) in [6.45, 7) is 4.42. The number of allylic oxidation sites excluding steroid dienone is 7. The largest absolute Gasteiger partial charge is 0.481 e. The summed E-state index contributed by atoms with van der Waals surface area (Å²) < 4.78 is 5.79. The molecule has 4 heteroatoms. The Labute approximate surface area is 241 Å². The molecule has 1 N–H and O–H groups in total. The molecule has 0 rings (SSSR count). The van der Waals surface area contributed by atoms with Crippen LogP contribution in [0.2, 0.25) is 0 Å². The number of carbonyl (C=O) groups is 2. The zero-order chi connectivity index (χ0) is 28.7. The van der Waals surface area contributed by atoms with Gasteiger partial charge in [0.05, 0.1) is 0 Å². The number of unbranched alkanes of at least 4 members (excludes halogenated alkanes) is 13. The number of rotatable bonds is 28. The Bertz CT molecular complexity index is 674. The second-order valence-electron chi connectivity index (χ2n) is 10.6. The van der Waals surface area contributed by atoms with Crippen LogP contribution in [0.5, 0.6) is 0 Å². The molecule has 0 aromatic rings. The van der Waals surface area contributed by atoms with E-state index in [9.17, 15) is 9.59 Å². The normalized spacial score (nSPS) is 12.9. The number of carbonyl (C=O) groups excluding carboxylic acids is 1. The van der Waals surface area contributed by atoms with Crippen LogP contribution in [0.1, 0.15) is 155 Å². The number of hydrogen-bond donors (Lipinski definition) is 1. The van der Waals surface area contributed by atoms with Crippen molar-refractivity contribution in [2.24, 2.45) is 0 Å². The van der Waals surface area contributed by atoms with Gasteiger partial charge in [-0.1, -0.05) is 114 Å². The second-order valence-corrected chi connectivity index (χ2v) is 10.6. The van der Waals surface area contributed by atoms with Crippen LogP contribution in [0.25, 0.3) is 0 Å². The summed E-state index contributed by atoms with van der Waals surface area (Å²) >= 11 is 0. The predicted molar refractivity (Wildman–Crippen MR) is 167 cm³/mol. The molecule has 0 spiro atoms. The zero-order valence-electron chi connectivity index (χ0n) is 25.4. The highest BCUT2D eigenvalue weighted by molar-refractivity contribution is 5.69. The lowest BCUT2D eigenvalue weighted by atomic mass is 10.1. The lowest BCUT2D eigenvalue weighted by molar-refractivity contribution is -0.147. The molecule has 0 aliphatic carbocycles. The van der Waals surface area contributed by atoms with E-state index in [4.69, 9.17) is 9.84 Å². The molecule has 0 aromatic carbocycles. The fourth-order valence-electron chi connectivity index (χ4n) is 4.34. The fourth-order valence-corrected chi connectivity index (χ4v) is 4.34. The molecule has 0 heterocycles. The first-order valence-electron chi connectivity index (χ1n) is 16.1. The van der Waals surface area contributed by atoms with E-state index < -0.39 is 5.97 Å². The van der Waals surface area contributed by atoms with Gasteiger partial charge >= 0.3 is 11.9 Å². The molecule has 0 bridgehead atoms. The van der Waals surface area contributed by atoms with Gasteiger partial charge in [-0.3, -0.25) is 9.59 Å². The van der Waals surface area contributed by atoms with E-state index in [0.717, 1.165) is 70.6 Å². The van der Waals surface area contributed by atoms with Gasteiger partial charge in [-0.25, -0.2) is 0 Å². The third kappa shape index (κ3) is 30.3. The van der Waals surface area contributed by atoms with Crippen molar-refractivity contribution in [3.05, 3.63) is 48.6 Å². The smallest absolute Gasteiger partial charge is 0.306 e. The van der Waals surface area contributed by atoms with Gasteiger partial charge < -0.3 is 9.84 Å². The average molecular weight is 545 g/mol. The minimum Gasteiger partial charge on any atom is -0.481 e. The van der Waals surface area contributed by atoms with E-state index in [1.54, 1.807) is 0 Å². The van der Waals surface area contributed by atoms with E-state index in [0.29, 0.717) is 12.8 Å². The number of carboxylic acids is 1. The summed E-state index contributed by atoms with van der Waals surface area (Å²) in [5.74, 6) is -0.831. The van der Waals surface area contributed by atoms with Gasteiger partial charge in [0.25, 0.3) is 0 Å². The van der Waals surface area contributed by atoms with E-state index in [2.05, 4.69) is 56.4 Å². The number of ether oxygens (including phenoxy) is 1. The van der Waals surface area contributed by atoms with Crippen molar-refractivity contribution in [1.82, 2.24) is 0 Å². The molecule has 0 saturated heterocycles. The molecule has 0 aromatic heterocycles. The lowest BCUT2D eigenvalue weighted by Crippen LogP contribution is -2.16. The molecule has 1 unspecified atom stereocenters. The van der Waals surface area contributed by atoms with Crippen LogP contribution in [0.3, 0.4) is 0 Å². The molecule has 224 valence electrons. The van der Waals surface area contributed by atoms with Crippen molar-refractivity contribution >= 4 is 11.9 Å². The minimum absolute atomic E-state index is 0.0987. The molecule has 1 atom stereocenters. The molecule has 0 aliphatic heterocycles. The number of hydrogen-bond acceptors (Lipinski definition) is 3. The van der Waals surface area contributed by atoms with E-state index in [1.807, 2.05) is 6.08 Å². The van der Waals surface area contributed by atoms with Crippen molar-refractivity contribution in [3.63, 3.8) is 0 Å². The van der Waals surface area contributed by atoms with Gasteiger partial charge in [0.2, 0.25) is 0 Å². The monoisotopic (exact) mass is 544 g/mol. The maximum Gasteiger partial charge on any atom is 0.306 e. The molecular weight excluding hydrogens is 484 g/mol. The molecule has 0 amide bonds. The SMILES string of the molecule is CCC/C=C\C/C=C\C(CCCCCCC(=O)O)OC(=O)CCCCCCC/C=C\C/C=C\CCCCCC. The van der Waals surface area contributed by atoms with Crippen LogP contribution in [0.15, 0.2) is 48.6 Å². The van der Waals surface area contributed by atoms with Crippen molar-refractivity contribution in [1.29, 1.82) is 0 Å². The van der Waals surface area contributed by atoms with Crippen LogP contribution in [-0.2, 0) is 14.3 Å². The Hall–Kier alpha value is -2.10. The summed E-state index contributed by atoms with van der Waals surface area (Å²) in [6.07, 6.45) is 39.9. The van der Waals surface area contributed by atoms with Gasteiger partial charge in [0.1, 0.15) is 6.10 Å². The van der Waals surface area contributed by atoms with Crippen LogP contribution in [0, 0.1) is 0 Å². The molecule has 0 radical (unpaired) electrons. The summed E-state index contributed by atoms with van der Waals surface area (Å²) in [6, 6.07) is 0. The van der Waals surface area contributed by atoms with Crippen LogP contribution in [0.4, 0.5) is 0 Å². The molecule has 0 fully saturated rings. The molecule has 0 saturated carbocycles. The van der Waals surface area contributed by atoms with E-state index in [-0.39, 0.29) is 18.5 Å². The second kappa shape index (κ2) is 30.4. The van der Waals surface area contributed by atoms with Gasteiger partial charge in [-0.15, -0.1) is 0 Å². The highest BCUT2D eigenvalue weighted by Gasteiger charge is 2.11. The average Bonchev–Trinajstić information content (AvgIpc) is 2.91. The Morgan fingerprint density at radius 3 is 1.77 bits per heavy atom. The molecule has 4 nitrogen and oxygen atoms in total. The summed E-state index contributed by atoms with van der Waals surface area (Å²) in [7, 11) is 0. The minimum atomic E-state index is -0.732. The number of carboxylic acid groups (broad SMARTS) is 1. The Kier molecular flexibility index (Phi) is 28.8. The third-order valence-corrected chi connectivity index (χ3v) is 6.74. The van der Waals surface area contributed by atoms with Crippen LogP contribution < -0.4 is 0 Å². The van der Waals surface area contributed by atoms with Crippen molar-refractivity contribution in [2.45, 2.75) is 161 Å². The van der Waals surface area contributed by atoms with Gasteiger partial charge in [-0.2, -0.15) is 0 Å². The standard InChI is InChI=1S/C35H60O4/c1-3-5-7-9-11-12-13-14-15-16-17-18-19-20-22-28-32-35(38)39-33(29-25-21-10-8-6-4-2)30-26-23-24-27-31-34(36)37/h8,10,12-13,15-16,25,29,33H,3-7,9,11,14,17-24,26-28,30-32H2,1-2H3,(H,36,37)/b10-8-,13-12-,16-15-,29-25-. The Morgan fingerprint density at radius 2 is 1.13 bits per heavy atom. The zero-order valence-corrected chi connectivity index (χ0v) is 25.4. The topological polar surface area (TPSA) is 63.6 Å². The van der Waals surface area contributed by atoms with E-state index >= 15 is 0 Å². The number of esters is 1. The Balaban J connectivity index is 4.01. The van der Waals surface area contributed by atoms with Crippen molar-refractivity contribution in [2.75, 3.05) is 0 Å². The molecule has 0 aliphatic rings. The maximum absolute atomic E-state index is 12.4. The molecule has 39 heavy (non-hydrogen) atoms. The quantitative estimate of drug-likeness (QED) is 0.0604. The first kappa shape index (κ1) is 36.9. The van der Waals surface area contributed by atoms with Crippen molar-refractivity contribution < 1.29 is 19.4 Å². The van der Waals surface area contributed by atoms with Crippen LogP contribution in [-0.4, -0.2) is 23.1 Å². The fraction of sp³-hybridized carbons (Fsp3) is 0.714. The van der Waals surface area contributed by atoms with Crippen molar-refractivity contribution in [3.8, 4) is 0 Å². The lowest BCUT2D eigenvalue weighted by Gasteiger charge is -2.14. The predicted octanol–water partition coefficient (Wildman–Crippen LogP) is 10.8. The van der Waals surface area contributed by atoms with Gasteiger partial charge in [-0.05, 0) is 76.7 Å². The highest BCUT2D eigenvalue weighted by Crippen LogP contribution is 2.14. The first-order valence-corrected chi connectivity index (χ1v) is 16.1. The first-order chi connectivity index (χ1) is 19.1. The van der Waals surface area contributed by atoms with Gasteiger partial charge in [0.15, 0.2) is 0 Å². The maximum atomic E-state index is 12.4. The third-order valence-electron chi connectivity index (χ3n) is 6.74. The van der Waals surface area contributed by atoms with Gasteiger partial charge in [0, 0.05) is 12.8 Å². The highest BCUT2D eigenvalue weighted by atomic mass is 16.5. The summed E-state index contributed by atoms with van der Waals surface area (Å²) in [5, 5.41) is 8.77.